The number of nitrogens with zero attached hydrogens (tertiary/aromatic N) is 8. The number of hydrogen-bond acceptors (Lipinski definition) is 11. The van der Waals surface area contributed by atoms with Crippen LogP contribution in [0.5, 0.6) is 0 Å². The van der Waals surface area contributed by atoms with E-state index in [1.54, 1.807) is 30.1 Å². The topological polar surface area (TPSA) is 169 Å². The lowest BCUT2D eigenvalue weighted by Crippen LogP contribution is -2.31. The Balaban J connectivity index is 1.42. The highest BCUT2D eigenvalue weighted by Crippen LogP contribution is 2.43. The monoisotopic (exact) mass is 571 g/mol. The minimum Gasteiger partial charge on any atom is -0.360 e. The number of aryl methyl sites for hydroxylation is 1. The average molecular weight is 572 g/mol. The van der Waals surface area contributed by atoms with Gasteiger partial charge < -0.3 is 5.32 Å². The zero-order chi connectivity index (χ0) is 28.7. The first kappa shape index (κ1) is 26.9. The van der Waals surface area contributed by atoms with Crippen LogP contribution in [-0.2, 0) is 16.4 Å². The van der Waals surface area contributed by atoms with E-state index in [1.165, 1.54) is 12.3 Å². The quantitative estimate of drug-likeness (QED) is 0.328. The number of aromatic nitrogens is 7. The Bertz CT molecular complexity index is 1850. The molecule has 2 atom stereocenters. The minimum atomic E-state index is -3.36. The van der Waals surface area contributed by atoms with Crippen LogP contribution in [0.3, 0.4) is 0 Å². The Morgan fingerprint density at radius 1 is 1.07 bits per heavy atom. The Morgan fingerprint density at radius 2 is 1.90 bits per heavy atom. The van der Waals surface area contributed by atoms with Crippen LogP contribution in [-0.4, -0.2) is 48.6 Å². The predicted octanol–water partition coefficient (Wildman–Crippen LogP) is 3.49. The van der Waals surface area contributed by atoms with Crippen molar-refractivity contribution in [3.05, 3.63) is 58.3 Å². The molecule has 13 heteroatoms. The van der Waals surface area contributed by atoms with Crippen LogP contribution in [0.15, 0.2) is 40.5 Å². The molecule has 4 heterocycles. The van der Waals surface area contributed by atoms with E-state index >= 15 is 0 Å². The molecule has 41 heavy (non-hydrogen) atoms. The zero-order valence-electron chi connectivity index (χ0n) is 22.8. The summed E-state index contributed by atoms with van der Waals surface area (Å²) in [4.78, 5) is 41.2. The van der Waals surface area contributed by atoms with E-state index in [1.807, 2.05) is 6.92 Å². The van der Waals surface area contributed by atoms with Crippen molar-refractivity contribution in [1.82, 2.24) is 34.5 Å². The zero-order valence-corrected chi connectivity index (χ0v) is 23.6. The second kappa shape index (κ2) is 10.6. The molecule has 0 radical (unpaired) electrons. The van der Waals surface area contributed by atoms with Crippen LogP contribution >= 0.6 is 0 Å². The molecule has 0 aliphatic heterocycles. The molecule has 4 aromatic heterocycles. The van der Waals surface area contributed by atoms with Gasteiger partial charge in [-0.05, 0) is 51.2 Å². The van der Waals surface area contributed by atoms with Crippen molar-refractivity contribution >= 4 is 26.8 Å². The van der Waals surface area contributed by atoms with Gasteiger partial charge in [-0.2, -0.15) is 5.26 Å². The number of nitrogens with one attached hydrogen (secondary N) is 1. The molecular weight excluding hydrogens is 542 g/mol. The van der Waals surface area contributed by atoms with E-state index in [0.717, 1.165) is 36.2 Å². The van der Waals surface area contributed by atoms with E-state index in [2.05, 4.69) is 36.3 Å². The van der Waals surface area contributed by atoms with Crippen LogP contribution in [0.1, 0.15) is 68.1 Å². The van der Waals surface area contributed by atoms with Crippen LogP contribution < -0.4 is 10.9 Å². The summed E-state index contributed by atoms with van der Waals surface area (Å²) in [7, 11) is -3.36. The van der Waals surface area contributed by atoms with Gasteiger partial charge in [0.25, 0.3) is 5.56 Å². The molecule has 2 aliphatic rings. The van der Waals surface area contributed by atoms with E-state index in [4.69, 9.17) is 4.98 Å². The average Bonchev–Trinajstić information content (AvgIpc) is 3.73. The highest BCUT2D eigenvalue weighted by molar-refractivity contribution is 7.91. The molecule has 0 amide bonds. The number of pyridine rings is 1. The normalized spacial score (nSPS) is 18.9. The number of rotatable bonds is 8. The van der Waals surface area contributed by atoms with Gasteiger partial charge in [-0.15, -0.1) is 0 Å². The first-order valence-electron chi connectivity index (χ1n) is 13.7. The third kappa shape index (κ3) is 5.04. The van der Waals surface area contributed by atoms with Gasteiger partial charge >= 0.3 is 0 Å². The van der Waals surface area contributed by atoms with Crippen LogP contribution in [0.2, 0.25) is 0 Å². The molecule has 1 unspecified atom stereocenters. The Hall–Kier alpha value is -4.31. The highest BCUT2D eigenvalue weighted by Gasteiger charge is 2.33. The standard InChI is InChI=1S/C28H29N9O3S/c1-3-41(39,40)20-10-9-19(30-13-20)12-31-26-28(38)37(22-6-4-5-18(22)11-29)27-21(35-26)14-32-25(36-27)23-16(2)33-15-34-24(23)17-7-8-17/h9-10,13-15,17-18,22H,3-8,12H2,1-2H3,(H,31,35)/t18-,22?/m1/s1. The smallest absolute Gasteiger partial charge is 0.295 e. The Morgan fingerprint density at radius 3 is 2.61 bits per heavy atom. The van der Waals surface area contributed by atoms with Crippen molar-refractivity contribution in [2.75, 3.05) is 11.1 Å². The molecule has 2 aliphatic carbocycles. The lowest BCUT2D eigenvalue weighted by molar-refractivity contribution is 0.447. The maximum atomic E-state index is 13.9. The largest absolute Gasteiger partial charge is 0.360 e. The van der Waals surface area contributed by atoms with E-state index in [9.17, 15) is 18.5 Å². The molecule has 0 saturated heterocycles. The molecule has 6 rings (SSSR count). The maximum absolute atomic E-state index is 13.9. The van der Waals surface area contributed by atoms with E-state index < -0.39 is 9.84 Å². The van der Waals surface area contributed by atoms with Crippen LogP contribution in [0.25, 0.3) is 22.6 Å². The SMILES string of the molecule is CCS(=O)(=O)c1ccc(CNc2nc3cnc(-c4c(C)ncnc4C4CC4)nc3n(C3CCC[C@@H]3C#N)c2=O)nc1. The van der Waals surface area contributed by atoms with Gasteiger partial charge in [0.1, 0.15) is 11.8 Å². The van der Waals surface area contributed by atoms with Gasteiger partial charge in [0.05, 0.1) is 64.1 Å². The Labute approximate surface area is 236 Å². The van der Waals surface area contributed by atoms with E-state index in [0.29, 0.717) is 41.4 Å². The van der Waals surface area contributed by atoms with Crippen molar-refractivity contribution in [3.63, 3.8) is 0 Å². The molecule has 2 saturated carbocycles. The third-order valence-corrected chi connectivity index (χ3v) is 9.56. The molecular formula is C28H29N9O3S. The predicted molar refractivity (Wildman–Crippen MR) is 151 cm³/mol. The van der Waals surface area contributed by atoms with Crippen molar-refractivity contribution in [2.45, 2.75) is 69.4 Å². The van der Waals surface area contributed by atoms with Crippen molar-refractivity contribution < 1.29 is 8.42 Å². The summed E-state index contributed by atoms with van der Waals surface area (Å²) in [6, 6.07) is 5.13. The van der Waals surface area contributed by atoms with Gasteiger partial charge in [0.15, 0.2) is 27.1 Å². The molecule has 4 aromatic rings. The molecule has 0 bridgehead atoms. The highest BCUT2D eigenvalue weighted by atomic mass is 32.2. The number of hydrogen-bond donors (Lipinski definition) is 1. The summed E-state index contributed by atoms with van der Waals surface area (Å²) in [6.45, 7) is 3.63. The molecule has 1 N–H and O–H groups in total. The summed E-state index contributed by atoms with van der Waals surface area (Å²) in [6.07, 6.45) is 8.78. The number of anilines is 1. The van der Waals surface area contributed by atoms with Crippen LogP contribution in [0.4, 0.5) is 5.82 Å². The van der Waals surface area contributed by atoms with Crippen molar-refractivity contribution in [1.29, 1.82) is 5.26 Å². The van der Waals surface area contributed by atoms with Gasteiger partial charge in [-0.25, -0.2) is 33.3 Å². The van der Waals surface area contributed by atoms with Crippen molar-refractivity contribution in [2.24, 2.45) is 5.92 Å². The molecule has 210 valence electrons. The lowest BCUT2D eigenvalue weighted by Gasteiger charge is -2.20. The van der Waals surface area contributed by atoms with Gasteiger partial charge in [-0.3, -0.25) is 14.3 Å². The summed E-state index contributed by atoms with van der Waals surface area (Å²) in [5, 5.41) is 12.9. The first-order chi connectivity index (χ1) is 19.8. The van der Waals surface area contributed by atoms with Crippen LogP contribution in [0, 0.1) is 24.2 Å². The number of fused-ring (bicyclic) bond motifs is 1. The number of nitriles is 1. The Kier molecular flexibility index (Phi) is 6.94. The maximum Gasteiger partial charge on any atom is 0.295 e. The van der Waals surface area contributed by atoms with Crippen molar-refractivity contribution in [3.8, 4) is 17.5 Å². The molecule has 0 aromatic carbocycles. The first-order valence-corrected chi connectivity index (χ1v) is 15.4. The third-order valence-electron chi connectivity index (χ3n) is 7.84. The summed E-state index contributed by atoms with van der Waals surface area (Å²) in [5.41, 5.74) is 3.40. The number of sulfone groups is 1. The van der Waals surface area contributed by atoms with Gasteiger partial charge in [-0.1, -0.05) is 6.92 Å². The van der Waals surface area contributed by atoms with E-state index in [-0.39, 0.29) is 40.5 Å². The lowest BCUT2D eigenvalue weighted by atomic mass is 10.1. The summed E-state index contributed by atoms with van der Waals surface area (Å²) in [5.74, 6) is 0.525. The molecule has 0 spiro atoms. The fraction of sp³-hybridized carbons (Fsp3) is 0.429. The second-order valence-corrected chi connectivity index (χ2v) is 12.8. The minimum absolute atomic E-state index is 0.0137. The fourth-order valence-electron chi connectivity index (χ4n) is 5.42. The molecule has 12 nitrogen and oxygen atoms in total. The van der Waals surface area contributed by atoms with Gasteiger partial charge in [0, 0.05) is 12.1 Å². The summed E-state index contributed by atoms with van der Waals surface area (Å²) >= 11 is 0. The molecule has 2 fully saturated rings. The van der Waals surface area contributed by atoms with Gasteiger partial charge in [0.2, 0.25) is 0 Å². The summed E-state index contributed by atoms with van der Waals surface area (Å²) < 4.78 is 25.8. The second-order valence-electron chi connectivity index (χ2n) is 10.5. The fourth-order valence-corrected chi connectivity index (χ4v) is 6.24.